The lowest BCUT2D eigenvalue weighted by Crippen LogP contribution is -2.22. The summed E-state index contributed by atoms with van der Waals surface area (Å²) in [7, 11) is -3.43. The first-order valence-corrected chi connectivity index (χ1v) is 7.96. The molecule has 96 valence electrons. The van der Waals surface area contributed by atoms with Crippen LogP contribution in [0.1, 0.15) is 10.4 Å². The maximum atomic E-state index is 12.0. The highest BCUT2D eigenvalue weighted by Gasteiger charge is 2.15. The van der Waals surface area contributed by atoms with Gasteiger partial charge >= 0.3 is 0 Å². The van der Waals surface area contributed by atoms with Gasteiger partial charge in [0.25, 0.3) is 0 Å². The Kier molecular flexibility index (Phi) is 4.07. The van der Waals surface area contributed by atoms with E-state index in [-0.39, 0.29) is 6.54 Å². The van der Waals surface area contributed by atoms with Gasteiger partial charge in [-0.2, -0.15) is 0 Å². The van der Waals surface area contributed by atoms with E-state index in [1.807, 2.05) is 13.0 Å². The summed E-state index contributed by atoms with van der Waals surface area (Å²) in [5.74, 6) is 0. The molecule has 1 N–H and O–H groups in total. The van der Waals surface area contributed by atoms with Crippen LogP contribution in [0, 0.1) is 6.92 Å². The number of aryl methyl sites for hydroxylation is 1. The molecule has 0 atom stereocenters. The lowest BCUT2D eigenvalue weighted by molar-refractivity contribution is 0.583. The highest BCUT2D eigenvalue weighted by Crippen LogP contribution is 2.20. The van der Waals surface area contributed by atoms with Gasteiger partial charge in [0.15, 0.2) is 0 Å². The van der Waals surface area contributed by atoms with Gasteiger partial charge in [0.2, 0.25) is 10.0 Å². The first-order valence-electron chi connectivity index (χ1n) is 5.28. The summed E-state index contributed by atoms with van der Waals surface area (Å²) in [6.45, 7) is 2.11. The molecule has 1 heterocycles. The minimum Gasteiger partial charge on any atom is -0.206 e. The summed E-state index contributed by atoms with van der Waals surface area (Å²) in [5, 5.41) is 0.596. The predicted octanol–water partition coefficient (Wildman–Crippen LogP) is 3.19. The van der Waals surface area contributed by atoms with E-state index < -0.39 is 10.0 Å². The van der Waals surface area contributed by atoms with Gasteiger partial charge in [0.05, 0.1) is 0 Å². The maximum absolute atomic E-state index is 12.0. The molecule has 0 amide bonds. The van der Waals surface area contributed by atoms with Crippen LogP contribution >= 0.6 is 22.9 Å². The molecule has 0 bridgehead atoms. The number of rotatable bonds is 4. The third kappa shape index (κ3) is 3.32. The summed E-state index contributed by atoms with van der Waals surface area (Å²) >= 11 is 7.10. The number of hydrogen-bond donors (Lipinski definition) is 1. The zero-order chi connectivity index (χ0) is 13.2. The summed E-state index contributed by atoms with van der Waals surface area (Å²) in [5.41, 5.74) is 0.833. The lowest BCUT2D eigenvalue weighted by Gasteiger charge is -2.05. The van der Waals surface area contributed by atoms with Gasteiger partial charge < -0.3 is 0 Å². The van der Waals surface area contributed by atoms with Gasteiger partial charge in [-0.25, -0.2) is 13.1 Å². The zero-order valence-corrected chi connectivity index (χ0v) is 12.1. The Morgan fingerprint density at radius 2 is 2.06 bits per heavy atom. The van der Waals surface area contributed by atoms with Crippen LogP contribution < -0.4 is 4.72 Å². The number of halogens is 1. The number of benzene rings is 1. The molecule has 0 unspecified atom stereocenters. The van der Waals surface area contributed by atoms with Crippen molar-refractivity contribution in [3.05, 3.63) is 51.9 Å². The Morgan fingerprint density at radius 3 is 2.67 bits per heavy atom. The topological polar surface area (TPSA) is 46.2 Å². The van der Waals surface area contributed by atoms with E-state index in [1.54, 1.807) is 30.3 Å². The normalized spacial score (nSPS) is 11.7. The highest BCUT2D eigenvalue weighted by molar-refractivity contribution is 7.91. The molecular weight excluding hydrogens is 290 g/mol. The van der Waals surface area contributed by atoms with Gasteiger partial charge in [-0.3, -0.25) is 0 Å². The van der Waals surface area contributed by atoms with Crippen molar-refractivity contribution in [3.8, 4) is 0 Å². The largest absolute Gasteiger partial charge is 0.250 e. The van der Waals surface area contributed by atoms with Gasteiger partial charge in [-0.05, 0) is 36.8 Å². The number of sulfonamides is 1. The molecule has 0 aliphatic heterocycles. The average molecular weight is 302 g/mol. The van der Waals surface area contributed by atoms with Crippen LogP contribution in [0.4, 0.5) is 0 Å². The summed E-state index contributed by atoms with van der Waals surface area (Å²) in [6, 6.07) is 10.5. The van der Waals surface area contributed by atoms with E-state index in [4.69, 9.17) is 11.6 Å². The van der Waals surface area contributed by atoms with Gasteiger partial charge in [0, 0.05) is 16.4 Å². The molecule has 18 heavy (non-hydrogen) atoms. The molecule has 0 saturated heterocycles. The molecule has 0 spiro atoms. The van der Waals surface area contributed by atoms with E-state index in [9.17, 15) is 8.42 Å². The molecule has 2 rings (SSSR count). The fourth-order valence-electron chi connectivity index (χ4n) is 1.45. The van der Waals surface area contributed by atoms with E-state index in [0.717, 1.165) is 10.4 Å². The molecule has 0 radical (unpaired) electrons. The first kappa shape index (κ1) is 13.5. The molecule has 2 aromatic rings. The second-order valence-corrected chi connectivity index (χ2v) is 7.54. The summed E-state index contributed by atoms with van der Waals surface area (Å²) < 4.78 is 26.8. The van der Waals surface area contributed by atoms with Crippen molar-refractivity contribution >= 4 is 33.0 Å². The van der Waals surface area contributed by atoms with Crippen LogP contribution in [-0.4, -0.2) is 8.42 Å². The van der Waals surface area contributed by atoms with Crippen molar-refractivity contribution in [2.75, 3.05) is 0 Å². The van der Waals surface area contributed by atoms with Crippen LogP contribution in [0.3, 0.4) is 0 Å². The van der Waals surface area contributed by atoms with E-state index in [1.165, 1.54) is 11.3 Å². The van der Waals surface area contributed by atoms with Gasteiger partial charge in [-0.1, -0.05) is 23.7 Å². The molecule has 0 saturated carbocycles. The van der Waals surface area contributed by atoms with Crippen molar-refractivity contribution in [1.82, 2.24) is 4.72 Å². The molecule has 1 aromatic carbocycles. The molecular formula is C12H12ClNO2S2. The minimum absolute atomic E-state index is 0.236. The van der Waals surface area contributed by atoms with Crippen LogP contribution in [0.15, 0.2) is 40.6 Å². The molecule has 0 aliphatic rings. The minimum atomic E-state index is -3.43. The Morgan fingerprint density at radius 1 is 1.28 bits per heavy atom. The van der Waals surface area contributed by atoms with Crippen LogP contribution in [0.2, 0.25) is 5.02 Å². The van der Waals surface area contributed by atoms with E-state index in [0.29, 0.717) is 9.23 Å². The quantitative estimate of drug-likeness (QED) is 0.942. The smallest absolute Gasteiger partial charge is 0.206 e. The van der Waals surface area contributed by atoms with Crippen molar-refractivity contribution in [2.45, 2.75) is 17.7 Å². The average Bonchev–Trinajstić information content (AvgIpc) is 2.74. The van der Waals surface area contributed by atoms with Gasteiger partial charge in [-0.15, -0.1) is 11.3 Å². The second-order valence-electron chi connectivity index (χ2n) is 3.82. The van der Waals surface area contributed by atoms with Crippen molar-refractivity contribution in [3.63, 3.8) is 0 Å². The van der Waals surface area contributed by atoms with E-state index in [2.05, 4.69) is 4.72 Å². The van der Waals surface area contributed by atoms with Crippen LogP contribution in [0.5, 0.6) is 0 Å². The van der Waals surface area contributed by atoms with Gasteiger partial charge in [0.1, 0.15) is 4.21 Å². The fourth-order valence-corrected chi connectivity index (χ4v) is 4.01. The summed E-state index contributed by atoms with van der Waals surface area (Å²) in [6.07, 6.45) is 0. The maximum Gasteiger partial charge on any atom is 0.250 e. The van der Waals surface area contributed by atoms with Crippen LogP contribution in [0.25, 0.3) is 0 Å². The SMILES string of the molecule is Cc1ccc(S(=O)(=O)NCc2cccc(Cl)c2)s1. The molecule has 3 nitrogen and oxygen atoms in total. The first-order chi connectivity index (χ1) is 8.47. The Labute approximate surface area is 115 Å². The van der Waals surface area contributed by atoms with Crippen molar-refractivity contribution < 1.29 is 8.42 Å². The van der Waals surface area contributed by atoms with E-state index >= 15 is 0 Å². The molecule has 0 aliphatic carbocycles. The predicted molar refractivity (Wildman–Crippen MR) is 74.5 cm³/mol. The molecule has 0 fully saturated rings. The van der Waals surface area contributed by atoms with Crippen molar-refractivity contribution in [2.24, 2.45) is 0 Å². The lowest BCUT2D eigenvalue weighted by atomic mass is 10.2. The van der Waals surface area contributed by atoms with Crippen LogP contribution in [-0.2, 0) is 16.6 Å². The highest BCUT2D eigenvalue weighted by atomic mass is 35.5. The standard InChI is InChI=1S/C12H12ClNO2S2/c1-9-5-6-12(17-9)18(15,16)14-8-10-3-2-4-11(13)7-10/h2-7,14H,8H2,1H3. The third-order valence-corrected chi connectivity index (χ3v) is 5.46. The second kappa shape index (κ2) is 5.40. The third-order valence-electron chi connectivity index (χ3n) is 2.34. The Bertz CT molecular complexity index is 650. The summed E-state index contributed by atoms with van der Waals surface area (Å²) in [4.78, 5) is 0.970. The molecule has 6 heteroatoms. The number of hydrogen-bond acceptors (Lipinski definition) is 3. The monoisotopic (exact) mass is 301 g/mol. The Hall–Kier alpha value is -0.880. The fraction of sp³-hybridized carbons (Fsp3) is 0.167. The van der Waals surface area contributed by atoms with Crippen molar-refractivity contribution in [1.29, 1.82) is 0 Å². The molecule has 1 aromatic heterocycles. The zero-order valence-electron chi connectivity index (χ0n) is 9.68. The number of thiophene rings is 1. The Balaban J connectivity index is 2.10. The number of nitrogens with one attached hydrogen (secondary N) is 1.